The Bertz CT molecular complexity index is 1140. The Morgan fingerprint density at radius 1 is 0.643 bits per heavy atom. The lowest BCUT2D eigenvalue weighted by Gasteiger charge is -2.60. The normalized spacial score (nSPS) is 54.6. The van der Waals surface area contributed by atoms with Crippen LogP contribution in [0.4, 0.5) is 0 Å². The van der Waals surface area contributed by atoms with Crippen LogP contribution < -0.4 is 0 Å². The number of hydrogen-bond donors (Lipinski definition) is 2. The molecule has 2 N–H and O–H groups in total. The average Bonchev–Trinajstić information content (AvgIpc) is 3.44. The van der Waals surface area contributed by atoms with Crippen LogP contribution in [-0.4, -0.2) is 34.0 Å². The van der Waals surface area contributed by atoms with E-state index in [0.29, 0.717) is 40.2 Å². The van der Waals surface area contributed by atoms with Gasteiger partial charge < -0.3 is 10.2 Å². The van der Waals surface area contributed by atoms with Gasteiger partial charge in [0, 0.05) is 24.7 Å². The smallest absolute Gasteiger partial charge is 0.139 e. The highest BCUT2D eigenvalue weighted by Crippen LogP contribution is 2.66. The highest BCUT2D eigenvalue weighted by Gasteiger charge is 2.61. The van der Waals surface area contributed by atoms with Gasteiger partial charge in [0.2, 0.25) is 0 Å². The number of aliphatic hydroxyl groups excluding tert-OH is 2. The standard InChI is InChI=1S/C19H30O2.C19H28O2/c2*1-18-9-7-13(20)11-12(18)3-4-14-15-5-6-17(21)19(15,2)10-8-16(14)18/h12,14-17,21H,3-11H2,1-2H3;3,13-16,20H,4-11H2,1-2H3/t;13-,14-,15-,16-,18-,19-/m.0/s1. The molecule has 0 amide bonds. The van der Waals surface area contributed by atoms with Gasteiger partial charge in [0.15, 0.2) is 0 Å². The summed E-state index contributed by atoms with van der Waals surface area (Å²) in [5, 5.41) is 20.5. The summed E-state index contributed by atoms with van der Waals surface area (Å²) >= 11 is 0. The van der Waals surface area contributed by atoms with Crippen LogP contribution in [0.15, 0.2) is 11.6 Å². The van der Waals surface area contributed by atoms with Gasteiger partial charge in [-0.25, -0.2) is 0 Å². The van der Waals surface area contributed by atoms with Crippen LogP contribution >= 0.6 is 0 Å². The molecule has 4 heteroatoms. The topological polar surface area (TPSA) is 74.6 Å². The number of ketones is 2. The van der Waals surface area contributed by atoms with Gasteiger partial charge in [-0.2, -0.15) is 0 Å². The van der Waals surface area contributed by atoms with Crippen molar-refractivity contribution in [2.45, 2.75) is 149 Å². The van der Waals surface area contributed by atoms with Crippen LogP contribution in [0.1, 0.15) is 137 Å². The van der Waals surface area contributed by atoms with E-state index in [1.165, 1.54) is 44.1 Å². The predicted molar refractivity (Wildman–Crippen MR) is 165 cm³/mol. The number of aliphatic hydroxyl groups is 2. The van der Waals surface area contributed by atoms with E-state index in [9.17, 15) is 19.8 Å². The third kappa shape index (κ3) is 4.26. The van der Waals surface area contributed by atoms with Gasteiger partial charge in [0.25, 0.3) is 0 Å². The second-order valence-electron chi connectivity index (χ2n) is 17.6. The van der Waals surface area contributed by atoms with Crippen LogP contribution in [0.25, 0.3) is 0 Å². The van der Waals surface area contributed by atoms with Gasteiger partial charge in [-0.3, -0.25) is 9.59 Å². The van der Waals surface area contributed by atoms with Gasteiger partial charge >= 0.3 is 0 Å². The predicted octanol–water partition coefficient (Wildman–Crippen LogP) is 7.84. The van der Waals surface area contributed by atoms with Gasteiger partial charge in [-0.15, -0.1) is 0 Å². The zero-order valence-corrected chi connectivity index (χ0v) is 27.0. The second kappa shape index (κ2) is 10.3. The Balaban J connectivity index is 0.000000137. The van der Waals surface area contributed by atoms with Gasteiger partial charge in [0.1, 0.15) is 11.6 Å². The molecule has 0 heterocycles. The highest BCUT2D eigenvalue weighted by molar-refractivity contribution is 5.87. The molecule has 8 aliphatic rings. The third-order valence-electron chi connectivity index (χ3n) is 16.2. The molecule has 0 saturated heterocycles. The fourth-order valence-corrected chi connectivity index (χ4v) is 13.4. The zero-order valence-electron chi connectivity index (χ0n) is 27.0. The van der Waals surface area contributed by atoms with E-state index in [2.05, 4.69) is 33.8 Å². The van der Waals surface area contributed by atoms with E-state index in [1.54, 1.807) is 0 Å². The van der Waals surface area contributed by atoms with Gasteiger partial charge in [0.05, 0.1) is 12.2 Å². The van der Waals surface area contributed by atoms with Gasteiger partial charge in [-0.05, 0) is 148 Å². The molecule has 4 nitrogen and oxygen atoms in total. The molecule has 42 heavy (non-hydrogen) atoms. The van der Waals surface area contributed by atoms with Crippen molar-refractivity contribution in [1.82, 2.24) is 0 Å². The third-order valence-corrected chi connectivity index (χ3v) is 16.2. The molecular weight excluding hydrogens is 520 g/mol. The number of allylic oxidation sites excluding steroid dienone is 1. The molecule has 0 spiro atoms. The van der Waals surface area contributed by atoms with Crippen molar-refractivity contribution in [2.75, 3.05) is 0 Å². The number of hydrogen-bond acceptors (Lipinski definition) is 4. The number of carbonyl (C=O) groups is 2. The van der Waals surface area contributed by atoms with Crippen molar-refractivity contribution in [2.24, 2.45) is 63.1 Å². The maximum Gasteiger partial charge on any atom is 0.139 e. The Morgan fingerprint density at radius 3 is 2.17 bits per heavy atom. The molecule has 0 aromatic carbocycles. The van der Waals surface area contributed by atoms with Gasteiger partial charge in [-0.1, -0.05) is 39.3 Å². The Morgan fingerprint density at radius 2 is 1.36 bits per heavy atom. The first-order chi connectivity index (χ1) is 19.9. The van der Waals surface area contributed by atoms with Crippen LogP contribution in [-0.2, 0) is 9.59 Å². The van der Waals surface area contributed by atoms with E-state index < -0.39 is 0 Å². The van der Waals surface area contributed by atoms with E-state index in [4.69, 9.17) is 0 Å². The lowest BCUT2D eigenvalue weighted by atomic mass is 9.45. The first kappa shape index (κ1) is 29.7. The molecule has 0 bridgehead atoms. The molecule has 0 radical (unpaired) electrons. The van der Waals surface area contributed by atoms with E-state index in [0.717, 1.165) is 94.3 Å². The first-order valence-corrected chi connectivity index (χ1v) is 18.0. The molecule has 7 unspecified atom stereocenters. The second-order valence-corrected chi connectivity index (χ2v) is 17.6. The van der Waals surface area contributed by atoms with Crippen molar-refractivity contribution < 1.29 is 19.8 Å². The summed E-state index contributed by atoms with van der Waals surface area (Å²) in [7, 11) is 0. The maximum absolute atomic E-state index is 12.4. The molecule has 0 aromatic heterocycles. The number of carbonyl (C=O) groups excluding carboxylic acids is 2. The highest BCUT2D eigenvalue weighted by atomic mass is 16.3. The summed E-state index contributed by atoms with van der Waals surface area (Å²) < 4.78 is 0. The fraction of sp³-hybridized carbons (Fsp3) is 0.895. The minimum atomic E-state index is -0.122. The molecule has 234 valence electrons. The Kier molecular flexibility index (Phi) is 7.26. The molecule has 0 aliphatic heterocycles. The van der Waals surface area contributed by atoms with Crippen LogP contribution in [0.2, 0.25) is 0 Å². The number of Topliss-reactive ketones (excluding diaryl/α,β-unsaturated/α-hetero) is 2. The van der Waals surface area contributed by atoms with Crippen molar-refractivity contribution >= 4 is 11.6 Å². The summed E-state index contributed by atoms with van der Waals surface area (Å²) in [6.45, 7) is 9.54. The van der Waals surface area contributed by atoms with Crippen molar-refractivity contribution in [3.63, 3.8) is 0 Å². The van der Waals surface area contributed by atoms with Crippen LogP contribution in [0.5, 0.6) is 0 Å². The molecule has 8 rings (SSSR count). The molecule has 7 fully saturated rings. The minimum Gasteiger partial charge on any atom is -0.393 e. The van der Waals surface area contributed by atoms with Crippen LogP contribution in [0, 0.1) is 63.1 Å². The fourth-order valence-electron chi connectivity index (χ4n) is 13.4. The van der Waals surface area contributed by atoms with E-state index in [-0.39, 0.29) is 23.0 Å². The molecule has 13 atom stereocenters. The van der Waals surface area contributed by atoms with Crippen molar-refractivity contribution in [3.8, 4) is 0 Å². The lowest BCUT2D eigenvalue weighted by molar-refractivity contribution is -0.141. The number of rotatable bonds is 0. The molecule has 7 saturated carbocycles. The van der Waals surface area contributed by atoms with Crippen molar-refractivity contribution in [1.29, 1.82) is 0 Å². The zero-order chi connectivity index (χ0) is 29.7. The molecule has 8 aliphatic carbocycles. The summed E-state index contributed by atoms with van der Waals surface area (Å²) in [6.07, 6.45) is 20.8. The monoisotopic (exact) mass is 578 g/mol. The first-order valence-electron chi connectivity index (χ1n) is 18.0. The summed E-state index contributed by atoms with van der Waals surface area (Å²) in [4.78, 5) is 24.2. The minimum absolute atomic E-state index is 0.0168. The van der Waals surface area contributed by atoms with E-state index in [1.807, 2.05) is 0 Å². The summed E-state index contributed by atoms with van der Waals surface area (Å²) in [5.41, 5.74) is 2.41. The quantitative estimate of drug-likeness (QED) is 0.287. The number of fused-ring (bicyclic) bond motifs is 10. The Labute approximate surface area is 254 Å². The average molecular weight is 579 g/mol. The lowest BCUT2D eigenvalue weighted by Crippen LogP contribution is -2.54. The van der Waals surface area contributed by atoms with Crippen molar-refractivity contribution in [3.05, 3.63) is 11.6 Å². The summed E-state index contributed by atoms with van der Waals surface area (Å²) in [5.74, 6) is 6.12. The summed E-state index contributed by atoms with van der Waals surface area (Å²) in [6, 6.07) is 0. The van der Waals surface area contributed by atoms with E-state index >= 15 is 0 Å². The molecule has 0 aromatic rings. The largest absolute Gasteiger partial charge is 0.393 e. The maximum atomic E-state index is 12.4. The Hall–Kier alpha value is -1.00. The molecular formula is C38H58O4. The van der Waals surface area contributed by atoms with Crippen LogP contribution in [0.3, 0.4) is 0 Å². The SMILES string of the molecule is CC12CCC3C(CCC4CC(=O)CCC43C)C1CCC2O.C[C@]12CC[C@H](O)CC1=CC[C@@H]1[C@@H]2CC[C@]2(C)C(=O)CC[C@@H]12.